The molecule has 6 nitrogen and oxygen atoms in total. The molecule has 0 spiro atoms. The monoisotopic (exact) mass is 474 g/mol. The first kappa shape index (κ1) is 23.9. The number of hydrogen-bond acceptors (Lipinski definition) is 5. The van der Waals surface area contributed by atoms with Crippen LogP contribution in [-0.4, -0.2) is 41.7 Å². The zero-order chi connectivity index (χ0) is 23.8. The summed E-state index contributed by atoms with van der Waals surface area (Å²) in [6.45, 7) is 2.12. The number of benzene rings is 1. The lowest BCUT2D eigenvalue weighted by Crippen LogP contribution is -2.43. The molecular weight excluding hydrogens is 456 g/mol. The molecule has 0 radical (unpaired) electrons. The lowest BCUT2D eigenvalue weighted by molar-refractivity contribution is -0.261. The topological polar surface area (TPSA) is 77.5 Å². The van der Waals surface area contributed by atoms with Crippen LogP contribution in [0.5, 0.6) is 5.75 Å². The fourth-order valence-electron chi connectivity index (χ4n) is 3.59. The molecule has 2 aromatic rings. The van der Waals surface area contributed by atoms with E-state index < -0.39 is 47.0 Å². The van der Waals surface area contributed by atoms with Crippen LogP contribution in [0.25, 0.3) is 0 Å². The second-order valence-corrected chi connectivity index (χ2v) is 7.91. The van der Waals surface area contributed by atoms with Gasteiger partial charge in [0.05, 0.1) is 7.11 Å². The molecule has 1 saturated heterocycles. The minimum Gasteiger partial charge on any atom is -0.495 e. The molecular formula is C21H19ClF4N2O4. The van der Waals surface area contributed by atoms with Crippen LogP contribution in [-0.2, 0) is 9.53 Å². The van der Waals surface area contributed by atoms with Crippen molar-refractivity contribution in [2.75, 3.05) is 12.4 Å². The van der Waals surface area contributed by atoms with Gasteiger partial charge >= 0.3 is 6.18 Å². The maximum Gasteiger partial charge on any atom is 0.417 e. The maximum atomic E-state index is 13.9. The first-order valence-electron chi connectivity index (χ1n) is 9.42. The maximum absolute atomic E-state index is 13.9. The number of methoxy groups -OCH3 is 1. The number of halogens is 5. The largest absolute Gasteiger partial charge is 0.495 e. The van der Waals surface area contributed by atoms with E-state index in [-0.39, 0.29) is 28.5 Å². The van der Waals surface area contributed by atoms with Crippen molar-refractivity contribution < 1.29 is 36.6 Å². The molecule has 0 bridgehead atoms. The summed E-state index contributed by atoms with van der Waals surface area (Å²) in [6, 6.07) is 4.88. The van der Waals surface area contributed by atoms with E-state index in [1.54, 1.807) is 0 Å². The van der Waals surface area contributed by atoms with Gasteiger partial charge in [-0.15, -0.1) is 0 Å². The minimum absolute atomic E-state index is 0.0683. The van der Waals surface area contributed by atoms with Crippen LogP contribution < -0.4 is 10.1 Å². The van der Waals surface area contributed by atoms with Crippen molar-refractivity contribution in [2.45, 2.75) is 44.1 Å². The molecule has 1 aliphatic heterocycles. The Kier molecular flexibility index (Phi) is 6.48. The second kappa shape index (κ2) is 8.67. The van der Waals surface area contributed by atoms with Gasteiger partial charge in [-0.05, 0) is 31.5 Å². The summed E-state index contributed by atoms with van der Waals surface area (Å²) < 4.78 is 65.5. The van der Waals surface area contributed by atoms with Gasteiger partial charge in [0.2, 0.25) is 0 Å². The predicted octanol–water partition coefficient (Wildman–Crippen LogP) is 4.92. The molecule has 1 aromatic heterocycles. The van der Waals surface area contributed by atoms with E-state index in [2.05, 4.69) is 10.3 Å². The van der Waals surface area contributed by atoms with Gasteiger partial charge in [-0.1, -0.05) is 17.7 Å². The standard InChI is InChI=1S/C21H19ClF4N2O4/c1-10(29)15-8-11(6-7-27-15)28-19(30)18-13(9-20(2,32-18)21(24,25)26)12-4-5-14(23)16(22)17(12)31-3/h4-8,13,18H,9H2,1-3H3,(H,27,28,30)/t13-,18+,20-/m1/s1. The number of ether oxygens (including phenoxy) is 2. The normalized spacial score (nSPS) is 23.1. The van der Waals surface area contributed by atoms with Crippen LogP contribution in [0.3, 0.4) is 0 Å². The number of Topliss-reactive ketones (excluding diaryl/α,β-unsaturated/α-hetero) is 1. The third-order valence-electron chi connectivity index (χ3n) is 5.29. The average molecular weight is 475 g/mol. The number of pyridine rings is 1. The van der Waals surface area contributed by atoms with Gasteiger partial charge in [0.25, 0.3) is 5.91 Å². The first-order valence-corrected chi connectivity index (χ1v) is 9.80. The Hall–Kier alpha value is -2.72. The van der Waals surface area contributed by atoms with Gasteiger partial charge in [-0.3, -0.25) is 14.6 Å². The van der Waals surface area contributed by atoms with Crippen molar-refractivity contribution in [3.8, 4) is 5.75 Å². The highest BCUT2D eigenvalue weighted by Gasteiger charge is 2.61. The fourth-order valence-corrected chi connectivity index (χ4v) is 3.84. The van der Waals surface area contributed by atoms with Crippen molar-refractivity contribution >= 4 is 29.0 Å². The molecule has 1 aromatic carbocycles. The summed E-state index contributed by atoms with van der Waals surface area (Å²) in [5.74, 6) is -3.38. The Morgan fingerprint density at radius 1 is 1.31 bits per heavy atom. The highest BCUT2D eigenvalue weighted by Crippen LogP contribution is 2.52. The van der Waals surface area contributed by atoms with Crippen molar-refractivity contribution in [1.82, 2.24) is 4.98 Å². The Morgan fingerprint density at radius 2 is 2.00 bits per heavy atom. The Morgan fingerprint density at radius 3 is 2.59 bits per heavy atom. The number of alkyl halides is 3. The van der Waals surface area contributed by atoms with Crippen LogP contribution in [0, 0.1) is 5.82 Å². The van der Waals surface area contributed by atoms with Gasteiger partial charge in [0.1, 0.15) is 28.4 Å². The van der Waals surface area contributed by atoms with E-state index in [1.807, 2.05) is 0 Å². The van der Waals surface area contributed by atoms with Crippen LogP contribution in [0.4, 0.5) is 23.2 Å². The third kappa shape index (κ3) is 4.42. The number of carbonyl (C=O) groups excluding carboxylic acids is 2. The van der Waals surface area contributed by atoms with E-state index in [4.69, 9.17) is 21.1 Å². The van der Waals surface area contributed by atoms with Gasteiger partial charge in [-0.2, -0.15) is 13.2 Å². The smallest absolute Gasteiger partial charge is 0.417 e. The molecule has 1 amide bonds. The van der Waals surface area contributed by atoms with E-state index in [1.165, 1.54) is 38.4 Å². The van der Waals surface area contributed by atoms with Crippen molar-refractivity contribution in [2.24, 2.45) is 0 Å². The summed E-state index contributed by atoms with van der Waals surface area (Å²) in [7, 11) is 1.19. The Bertz CT molecular complexity index is 1060. The lowest BCUT2D eigenvalue weighted by atomic mass is 9.86. The number of rotatable bonds is 5. The van der Waals surface area contributed by atoms with Crippen molar-refractivity contribution in [3.63, 3.8) is 0 Å². The van der Waals surface area contributed by atoms with E-state index >= 15 is 0 Å². The average Bonchev–Trinajstić information content (AvgIpc) is 3.09. The molecule has 1 aliphatic rings. The molecule has 2 heterocycles. The van der Waals surface area contributed by atoms with Gasteiger partial charge in [0, 0.05) is 30.3 Å². The van der Waals surface area contributed by atoms with Crippen LogP contribution in [0.2, 0.25) is 5.02 Å². The fraction of sp³-hybridized carbons (Fsp3) is 0.381. The molecule has 0 unspecified atom stereocenters. The molecule has 11 heteroatoms. The third-order valence-corrected chi connectivity index (χ3v) is 5.64. The Balaban J connectivity index is 2.01. The molecule has 3 rings (SSSR count). The lowest BCUT2D eigenvalue weighted by Gasteiger charge is -2.27. The number of aromatic nitrogens is 1. The van der Waals surface area contributed by atoms with Crippen LogP contribution in [0.1, 0.15) is 42.2 Å². The number of nitrogens with one attached hydrogen (secondary N) is 1. The number of ketones is 1. The zero-order valence-corrected chi connectivity index (χ0v) is 18.0. The minimum atomic E-state index is -4.78. The van der Waals surface area contributed by atoms with E-state index in [9.17, 15) is 27.2 Å². The molecule has 0 saturated carbocycles. The quantitative estimate of drug-likeness (QED) is 0.492. The number of hydrogen-bond donors (Lipinski definition) is 1. The summed E-state index contributed by atoms with van der Waals surface area (Å²) in [4.78, 5) is 28.4. The van der Waals surface area contributed by atoms with Gasteiger partial charge in [0.15, 0.2) is 11.4 Å². The number of amides is 1. The molecule has 0 aliphatic carbocycles. The van der Waals surface area contributed by atoms with Crippen LogP contribution >= 0.6 is 11.6 Å². The molecule has 1 N–H and O–H groups in total. The molecule has 1 fully saturated rings. The van der Waals surface area contributed by atoms with Crippen molar-refractivity contribution in [1.29, 1.82) is 0 Å². The highest BCUT2D eigenvalue weighted by molar-refractivity contribution is 6.32. The zero-order valence-electron chi connectivity index (χ0n) is 17.2. The van der Waals surface area contributed by atoms with Gasteiger partial charge in [-0.25, -0.2) is 4.39 Å². The summed E-state index contributed by atoms with van der Waals surface area (Å²) >= 11 is 5.94. The van der Waals surface area contributed by atoms with E-state index in [0.717, 1.165) is 13.0 Å². The molecule has 32 heavy (non-hydrogen) atoms. The SMILES string of the molecule is COc1c([C@H]2C[C@](C)(C(F)(F)F)O[C@@H]2C(=O)Nc2ccnc(C(C)=O)c2)ccc(F)c1Cl. The van der Waals surface area contributed by atoms with E-state index in [0.29, 0.717) is 0 Å². The second-order valence-electron chi connectivity index (χ2n) is 7.54. The Labute approximate surface area is 185 Å². The molecule has 3 atom stereocenters. The number of anilines is 1. The predicted molar refractivity (Wildman–Crippen MR) is 108 cm³/mol. The summed E-state index contributed by atoms with van der Waals surface area (Å²) in [6.07, 6.45) is -5.73. The summed E-state index contributed by atoms with van der Waals surface area (Å²) in [5, 5.41) is 2.05. The van der Waals surface area contributed by atoms with Gasteiger partial charge < -0.3 is 14.8 Å². The molecule has 172 valence electrons. The highest BCUT2D eigenvalue weighted by atomic mass is 35.5. The van der Waals surface area contributed by atoms with Crippen molar-refractivity contribution in [3.05, 3.63) is 52.6 Å². The number of nitrogens with zero attached hydrogens (tertiary/aromatic N) is 1. The number of carbonyl (C=O) groups is 2. The summed E-state index contributed by atoms with van der Waals surface area (Å²) in [5.41, 5.74) is -2.32. The first-order chi connectivity index (χ1) is 14.9. The van der Waals surface area contributed by atoms with Crippen LogP contribution in [0.15, 0.2) is 30.5 Å².